The van der Waals surface area contributed by atoms with E-state index in [0.29, 0.717) is 6.54 Å². The molecule has 0 saturated carbocycles. The van der Waals surface area contributed by atoms with Crippen LogP contribution in [0.4, 0.5) is 11.5 Å². The molecule has 0 radical (unpaired) electrons. The van der Waals surface area contributed by atoms with E-state index in [1.165, 1.54) is 6.33 Å². The fourth-order valence-electron chi connectivity index (χ4n) is 1.37. The van der Waals surface area contributed by atoms with Crippen molar-refractivity contribution >= 4 is 17.4 Å². The number of anilines is 2. The molecule has 5 nitrogen and oxygen atoms in total. The second kappa shape index (κ2) is 2.69. The second-order valence-corrected chi connectivity index (χ2v) is 3.06. The summed E-state index contributed by atoms with van der Waals surface area (Å²) in [4.78, 5) is 21.1. The zero-order chi connectivity index (χ0) is 9.42. The van der Waals surface area contributed by atoms with E-state index in [1.54, 1.807) is 0 Å². The number of hydrogen-bond acceptors (Lipinski definition) is 4. The number of rotatable bonds is 0. The van der Waals surface area contributed by atoms with Crippen molar-refractivity contribution in [2.75, 3.05) is 23.8 Å². The van der Waals surface area contributed by atoms with Crippen LogP contribution in [0.5, 0.6) is 0 Å². The van der Waals surface area contributed by atoms with Gasteiger partial charge in [0.15, 0.2) is 5.82 Å². The Balaban J connectivity index is 2.54. The molecule has 0 atom stereocenters. The van der Waals surface area contributed by atoms with Crippen molar-refractivity contribution in [3.05, 3.63) is 12.0 Å². The predicted octanol–water partition coefficient (Wildman–Crippen LogP) is 0.173. The largest absolute Gasteiger partial charge is 0.349 e. The third-order valence-corrected chi connectivity index (χ3v) is 2.02. The predicted molar refractivity (Wildman–Crippen MR) is 48.7 cm³/mol. The van der Waals surface area contributed by atoms with Crippen molar-refractivity contribution in [1.29, 1.82) is 0 Å². The maximum Gasteiger partial charge on any atom is 0.244 e. The minimum atomic E-state index is -0.0205. The van der Waals surface area contributed by atoms with Crippen molar-refractivity contribution in [3.8, 4) is 0 Å². The van der Waals surface area contributed by atoms with Gasteiger partial charge in [-0.15, -0.1) is 0 Å². The summed E-state index contributed by atoms with van der Waals surface area (Å²) in [5.74, 6) is 0.764. The van der Waals surface area contributed by atoms with Gasteiger partial charge < -0.3 is 10.2 Å². The van der Waals surface area contributed by atoms with Crippen molar-refractivity contribution in [2.45, 2.75) is 6.92 Å². The summed E-state index contributed by atoms with van der Waals surface area (Å²) in [7, 11) is 1.84. The Labute approximate surface area is 75.8 Å². The van der Waals surface area contributed by atoms with Crippen molar-refractivity contribution in [2.24, 2.45) is 0 Å². The summed E-state index contributed by atoms with van der Waals surface area (Å²) in [6, 6.07) is 0. The fraction of sp³-hybridized carbons (Fsp3) is 0.375. The molecular weight excluding hydrogens is 168 g/mol. The first kappa shape index (κ1) is 7.97. The van der Waals surface area contributed by atoms with Crippen LogP contribution in [0.15, 0.2) is 6.33 Å². The average molecular weight is 178 g/mol. The van der Waals surface area contributed by atoms with Crippen molar-refractivity contribution in [1.82, 2.24) is 9.97 Å². The van der Waals surface area contributed by atoms with E-state index in [1.807, 2.05) is 18.9 Å². The van der Waals surface area contributed by atoms with E-state index in [4.69, 9.17) is 0 Å². The van der Waals surface area contributed by atoms with Crippen LogP contribution in [0.1, 0.15) is 5.69 Å². The Morgan fingerprint density at radius 2 is 2.31 bits per heavy atom. The molecule has 0 fully saturated rings. The SMILES string of the molecule is Cc1ncnc2c1NC(=O)CN2C. The van der Waals surface area contributed by atoms with Gasteiger partial charge in [0, 0.05) is 7.05 Å². The Morgan fingerprint density at radius 1 is 1.54 bits per heavy atom. The number of amides is 1. The maximum absolute atomic E-state index is 11.2. The molecule has 0 unspecified atom stereocenters. The lowest BCUT2D eigenvalue weighted by Gasteiger charge is -2.26. The molecular formula is C8H10N4O. The van der Waals surface area contributed by atoms with Gasteiger partial charge in [0.05, 0.1) is 12.2 Å². The summed E-state index contributed by atoms with van der Waals surface area (Å²) >= 11 is 0. The quantitative estimate of drug-likeness (QED) is 0.615. The van der Waals surface area contributed by atoms with Crippen molar-refractivity contribution in [3.63, 3.8) is 0 Å². The standard InChI is InChI=1S/C8H10N4O/c1-5-7-8(10-4-9-5)12(2)3-6(13)11-7/h4H,3H2,1-2H3,(H,11,13). The van der Waals surface area contributed by atoms with Gasteiger partial charge in [0.25, 0.3) is 0 Å². The van der Waals surface area contributed by atoms with E-state index in [-0.39, 0.29) is 5.91 Å². The van der Waals surface area contributed by atoms with E-state index < -0.39 is 0 Å². The van der Waals surface area contributed by atoms with Gasteiger partial charge in [-0.1, -0.05) is 0 Å². The molecule has 1 aliphatic rings. The van der Waals surface area contributed by atoms with Gasteiger partial charge in [0.1, 0.15) is 12.0 Å². The molecule has 0 aromatic carbocycles. The highest BCUT2D eigenvalue weighted by Gasteiger charge is 2.21. The molecule has 1 aliphatic heterocycles. The third kappa shape index (κ3) is 1.22. The number of carbonyl (C=O) groups is 1. The minimum absolute atomic E-state index is 0.0205. The van der Waals surface area contributed by atoms with E-state index in [2.05, 4.69) is 15.3 Å². The van der Waals surface area contributed by atoms with Crippen LogP contribution in [-0.4, -0.2) is 29.5 Å². The van der Waals surface area contributed by atoms with Gasteiger partial charge in [-0.2, -0.15) is 0 Å². The highest BCUT2D eigenvalue weighted by atomic mass is 16.2. The number of carbonyl (C=O) groups excluding carboxylic acids is 1. The van der Waals surface area contributed by atoms with Gasteiger partial charge >= 0.3 is 0 Å². The monoisotopic (exact) mass is 178 g/mol. The van der Waals surface area contributed by atoms with E-state index in [9.17, 15) is 4.79 Å². The van der Waals surface area contributed by atoms with E-state index in [0.717, 1.165) is 17.2 Å². The van der Waals surface area contributed by atoms with Crippen LogP contribution in [-0.2, 0) is 4.79 Å². The van der Waals surface area contributed by atoms with Crippen LogP contribution in [0.2, 0.25) is 0 Å². The number of aromatic nitrogens is 2. The van der Waals surface area contributed by atoms with Crippen LogP contribution < -0.4 is 10.2 Å². The Morgan fingerprint density at radius 3 is 3.08 bits per heavy atom. The lowest BCUT2D eigenvalue weighted by Crippen LogP contribution is -2.36. The first-order valence-corrected chi connectivity index (χ1v) is 4.01. The molecule has 0 bridgehead atoms. The Kier molecular flexibility index (Phi) is 1.65. The molecule has 68 valence electrons. The molecule has 0 aliphatic carbocycles. The van der Waals surface area contributed by atoms with Crippen LogP contribution in [0.3, 0.4) is 0 Å². The van der Waals surface area contributed by atoms with Crippen molar-refractivity contribution < 1.29 is 4.79 Å². The smallest absolute Gasteiger partial charge is 0.244 e. The van der Waals surface area contributed by atoms with Gasteiger partial charge in [-0.25, -0.2) is 9.97 Å². The molecule has 0 spiro atoms. The first-order chi connectivity index (χ1) is 6.18. The minimum Gasteiger partial charge on any atom is -0.349 e. The van der Waals surface area contributed by atoms with E-state index >= 15 is 0 Å². The van der Waals surface area contributed by atoms with Gasteiger partial charge in [-0.05, 0) is 6.92 Å². The third-order valence-electron chi connectivity index (χ3n) is 2.02. The highest BCUT2D eigenvalue weighted by Crippen LogP contribution is 2.26. The number of nitrogens with one attached hydrogen (secondary N) is 1. The fourth-order valence-corrected chi connectivity index (χ4v) is 1.37. The number of aryl methyl sites for hydroxylation is 1. The zero-order valence-corrected chi connectivity index (χ0v) is 7.53. The lowest BCUT2D eigenvalue weighted by atomic mass is 10.2. The normalized spacial score (nSPS) is 15.2. The first-order valence-electron chi connectivity index (χ1n) is 4.01. The molecule has 13 heavy (non-hydrogen) atoms. The molecule has 2 rings (SSSR count). The Hall–Kier alpha value is -1.65. The van der Waals surface area contributed by atoms with Crippen LogP contribution in [0.25, 0.3) is 0 Å². The number of nitrogens with zero attached hydrogens (tertiary/aromatic N) is 3. The zero-order valence-electron chi connectivity index (χ0n) is 7.53. The topological polar surface area (TPSA) is 58.1 Å². The van der Waals surface area contributed by atoms with Crippen LogP contribution >= 0.6 is 0 Å². The molecule has 2 heterocycles. The van der Waals surface area contributed by atoms with Crippen LogP contribution in [0, 0.1) is 6.92 Å². The average Bonchev–Trinajstić information content (AvgIpc) is 2.07. The molecule has 1 amide bonds. The van der Waals surface area contributed by atoms with Gasteiger partial charge in [0.2, 0.25) is 5.91 Å². The Bertz CT molecular complexity index is 363. The van der Waals surface area contributed by atoms with Gasteiger partial charge in [-0.3, -0.25) is 4.79 Å². The number of fused-ring (bicyclic) bond motifs is 1. The molecule has 1 N–H and O–H groups in total. The highest BCUT2D eigenvalue weighted by molar-refractivity contribution is 6.00. The summed E-state index contributed by atoms with van der Waals surface area (Å²) in [6.07, 6.45) is 1.50. The lowest BCUT2D eigenvalue weighted by molar-refractivity contribution is -0.115. The summed E-state index contributed by atoms with van der Waals surface area (Å²) in [6.45, 7) is 2.20. The number of likely N-dealkylation sites (N-methyl/N-ethyl adjacent to an activating group) is 1. The molecule has 1 aromatic rings. The summed E-state index contributed by atoms with van der Waals surface area (Å²) in [5.41, 5.74) is 1.52. The maximum atomic E-state index is 11.2. The molecule has 0 saturated heterocycles. The summed E-state index contributed by atoms with van der Waals surface area (Å²) < 4.78 is 0. The molecule has 5 heteroatoms. The number of hydrogen-bond donors (Lipinski definition) is 1. The summed E-state index contributed by atoms with van der Waals surface area (Å²) in [5, 5.41) is 2.75. The molecule has 1 aromatic heterocycles. The second-order valence-electron chi connectivity index (χ2n) is 3.06.